The van der Waals surface area contributed by atoms with E-state index in [1.165, 1.54) is 0 Å². The van der Waals surface area contributed by atoms with Crippen LogP contribution in [-0.4, -0.2) is 17.3 Å². The molecule has 0 aliphatic rings. The standard InChI is InChI=1S/C11H18O3/c1-5-8(12)10(9(13)6-2)11(14)7(3)4/h7,10H,5-6H2,1-4H3. The highest BCUT2D eigenvalue weighted by atomic mass is 16.2. The van der Waals surface area contributed by atoms with E-state index in [0.717, 1.165) is 0 Å². The summed E-state index contributed by atoms with van der Waals surface area (Å²) in [4.78, 5) is 34.4. The summed E-state index contributed by atoms with van der Waals surface area (Å²) >= 11 is 0. The van der Waals surface area contributed by atoms with Crippen LogP contribution in [0.2, 0.25) is 0 Å². The summed E-state index contributed by atoms with van der Waals surface area (Å²) in [5, 5.41) is 0. The molecule has 0 radical (unpaired) electrons. The van der Waals surface area contributed by atoms with Crippen molar-refractivity contribution in [3.05, 3.63) is 0 Å². The molecule has 3 nitrogen and oxygen atoms in total. The average molecular weight is 198 g/mol. The first-order chi connectivity index (χ1) is 6.45. The normalized spacial score (nSPS) is 10.7. The van der Waals surface area contributed by atoms with Crippen LogP contribution in [0.4, 0.5) is 0 Å². The molecular formula is C11H18O3. The van der Waals surface area contributed by atoms with Gasteiger partial charge in [0.25, 0.3) is 0 Å². The summed E-state index contributed by atoms with van der Waals surface area (Å²) in [6.45, 7) is 6.76. The summed E-state index contributed by atoms with van der Waals surface area (Å²) < 4.78 is 0. The maximum Gasteiger partial charge on any atom is 0.153 e. The molecule has 0 unspecified atom stereocenters. The Bertz CT molecular complexity index is 225. The van der Waals surface area contributed by atoms with Crippen molar-refractivity contribution in [2.75, 3.05) is 0 Å². The Balaban J connectivity index is 4.81. The smallest absolute Gasteiger partial charge is 0.153 e. The predicted octanol–water partition coefficient (Wildman–Crippen LogP) is 1.79. The fraction of sp³-hybridized carbons (Fsp3) is 0.727. The first-order valence-corrected chi connectivity index (χ1v) is 5.04. The van der Waals surface area contributed by atoms with E-state index < -0.39 is 5.92 Å². The molecule has 0 saturated heterocycles. The molecule has 0 aromatic rings. The van der Waals surface area contributed by atoms with Gasteiger partial charge in [0.1, 0.15) is 5.92 Å². The van der Waals surface area contributed by atoms with Gasteiger partial charge in [0.05, 0.1) is 0 Å². The van der Waals surface area contributed by atoms with Gasteiger partial charge >= 0.3 is 0 Å². The van der Waals surface area contributed by atoms with Crippen LogP contribution in [0.3, 0.4) is 0 Å². The van der Waals surface area contributed by atoms with Crippen LogP contribution < -0.4 is 0 Å². The van der Waals surface area contributed by atoms with Crippen LogP contribution in [0.15, 0.2) is 0 Å². The van der Waals surface area contributed by atoms with E-state index in [2.05, 4.69) is 0 Å². The minimum absolute atomic E-state index is 0.245. The molecule has 0 aromatic carbocycles. The molecule has 0 aliphatic carbocycles. The molecule has 80 valence electrons. The fourth-order valence-corrected chi connectivity index (χ4v) is 1.24. The monoisotopic (exact) mass is 198 g/mol. The van der Waals surface area contributed by atoms with Gasteiger partial charge in [-0.2, -0.15) is 0 Å². The van der Waals surface area contributed by atoms with Crippen molar-refractivity contribution in [3.8, 4) is 0 Å². The highest BCUT2D eigenvalue weighted by Gasteiger charge is 2.32. The molecule has 0 aromatic heterocycles. The zero-order chi connectivity index (χ0) is 11.3. The highest BCUT2D eigenvalue weighted by Crippen LogP contribution is 2.13. The lowest BCUT2D eigenvalue weighted by Gasteiger charge is -2.13. The Hall–Kier alpha value is -0.990. The van der Waals surface area contributed by atoms with Gasteiger partial charge in [-0.3, -0.25) is 14.4 Å². The van der Waals surface area contributed by atoms with Gasteiger partial charge in [-0.1, -0.05) is 27.7 Å². The predicted molar refractivity (Wildman–Crippen MR) is 53.9 cm³/mol. The lowest BCUT2D eigenvalue weighted by Crippen LogP contribution is -2.33. The average Bonchev–Trinajstić information content (AvgIpc) is 2.16. The van der Waals surface area contributed by atoms with Gasteiger partial charge in [0.15, 0.2) is 17.3 Å². The molecule has 14 heavy (non-hydrogen) atoms. The Labute approximate surface area is 84.9 Å². The number of Topliss-reactive ketones (excluding diaryl/α,β-unsaturated/α-hetero) is 3. The van der Waals surface area contributed by atoms with Crippen molar-refractivity contribution in [1.29, 1.82) is 0 Å². The number of hydrogen-bond donors (Lipinski definition) is 0. The minimum atomic E-state index is -1.01. The zero-order valence-corrected chi connectivity index (χ0v) is 9.29. The topological polar surface area (TPSA) is 51.2 Å². The van der Waals surface area contributed by atoms with Gasteiger partial charge < -0.3 is 0 Å². The third kappa shape index (κ3) is 3.05. The lowest BCUT2D eigenvalue weighted by atomic mass is 9.86. The molecule has 0 rings (SSSR count). The quantitative estimate of drug-likeness (QED) is 0.611. The third-order valence-electron chi connectivity index (χ3n) is 2.19. The molecule has 0 bridgehead atoms. The van der Waals surface area contributed by atoms with Gasteiger partial charge in [-0.05, 0) is 0 Å². The second-order valence-corrected chi connectivity index (χ2v) is 3.63. The molecule has 0 spiro atoms. The summed E-state index contributed by atoms with van der Waals surface area (Å²) in [5.41, 5.74) is 0. The van der Waals surface area contributed by atoms with Crippen LogP contribution in [0, 0.1) is 11.8 Å². The summed E-state index contributed by atoms with van der Waals surface area (Å²) in [5.74, 6) is -2.02. The summed E-state index contributed by atoms with van der Waals surface area (Å²) in [6.07, 6.45) is 0.490. The SMILES string of the molecule is CCC(=O)C(C(=O)CC)C(=O)C(C)C. The summed E-state index contributed by atoms with van der Waals surface area (Å²) in [6, 6.07) is 0. The van der Waals surface area contributed by atoms with Crippen molar-refractivity contribution >= 4 is 17.3 Å². The number of rotatable bonds is 6. The molecule has 0 N–H and O–H groups in total. The maximum atomic E-state index is 11.6. The van der Waals surface area contributed by atoms with Crippen LogP contribution in [0.5, 0.6) is 0 Å². The first kappa shape index (κ1) is 13.0. The Morgan fingerprint density at radius 2 is 1.29 bits per heavy atom. The van der Waals surface area contributed by atoms with Crippen molar-refractivity contribution in [3.63, 3.8) is 0 Å². The van der Waals surface area contributed by atoms with Crippen molar-refractivity contribution in [1.82, 2.24) is 0 Å². The minimum Gasteiger partial charge on any atom is -0.298 e. The number of hydrogen-bond acceptors (Lipinski definition) is 3. The van der Waals surface area contributed by atoms with E-state index in [0.29, 0.717) is 0 Å². The van der Waals surface area contributed by atoms with Crippen molar-refractivity contribution in [2.45, 2.75) is 40.5 Å². The number of ketones is 3. The maximum absolute atomic E-state index is 11.6. The lowest BCUT2D eigenvalue weighted by molar-refractivity contribution is -0.141. The Kier molecular flexibility index (Phi) is 5.28. The zero-order valence-electron chi connectivity index (χ0n) is 9.29. The van der Waals surface area contributed by atoms with Crippen molar-refractivity contribution in [2.24, 2.45) is 11.8 Å². The third-order valence-corrected chi connectivity index (χ3v) is 2.19. The highest BCUT2D eigenvalue weighted by molar-refractivity contribution is 6.19. The van der Waals surface area contributed by atoms with E-state index in [1.807, 2.05) is 0 Å². The van der Waals surface area contributed by atoms with Crippen LogP contribution in [0.25, 0.3) is 0 Å². The number of carbonyl (C=O) groups is 3. The molecule has 0 saturated carbocycles. The second kappa shape index (κ2) is 5.68. The molecule has 0 heterocycles. The van der Waals surface area contributed by atoms with E-state index in [9.17, 15) is 14.4 Å². The van der Waals surface area contributed by atoms with Crippen LogP contribution >= 0.6 is 0 Å². The molecular weight excluding hydrogens is 180 g/mol. The van der Waals surface area contributed by atoms with E-state index >= 15 is 0 Å². The fourth-order valence-electron chi connectivity index (χ4n) is 1.24. The number of carbonyl (C=O) groups excluding carboxylic acids is 3. The molecule has 0 fully saturated rings. The summed E-state index contributed by atoms with van der Waals surface area (Å²) in [7, 11) is 0. The molecule has 0 aliphatic heterocycles. The van der Waals surface area contributed by atoms with E-state index in [4.69, 9.17) is 0 Å². The Morgan fingerprint density at radius 1 is 0.929 bits per heavy atom. The Morgan fingerprint density at radius 3 is 1.50 bits per heavy atom. The first-order valence-electron chi connectivity index (χ1n) is 5.04. The van der Waals surface area contributed by atoms with Gasteiger partial charge in [-0.15, -0.1) is 0 Å². The van der Waals surface area contributed by atoms with Crippen LogP contribution in [0.1, 0.15) is 40.5 Å². The van der Waals surface area contributed by atoms with Gasteiger partial charge in [0.2, 0.25) is 0 Å². The second-order valence-electron chi connectivity index (χ2n) is 3.63. The molecule has 0 amide bonds. The van der Waals surface area contributed by atoms with Crippen molar-refractivity contribution < 1.29 is 14.4 Å². The molecule has 0 atom stereocenters. The van der Waals surface area contributed by atoms with E-state index in [-0.39, 0.29) is 36.1 Å². The van der Waals surface area contributed by atoms with Gasteiger partial charge in [0, 0.05) is 18.8 Å². The van der Waals surface area contributed by atoms with Crippen LogP contribution in [-0.2, 0) is 14.4 Å². The largest absolute Gasteiger partial charge is 0.298 e. The molecule has 3 heteroatoms. The van der Waals surface area contributed by atoms with E-state index in [1.54, 1.807) is 27.7 Å². The van der Waals surface area contributed by atoms with Gasteiger partial charge in [-0.25, -0.2) is 0 Å².